The molecule has 0 amide bonds. The average molecular weight is 272 g/mol. The zero-order valence-electron chi connectivity index (χ0n) is 10.1. The molecule has 0 aliphatic rings. The first-order chi connectivity index (χ1) is 8.93. The van der Waals surface area contributed by atoms with Crippen molar-refractivity contribution in [3.05, 3.63) is 35.4 Å². The monoisotopic (exact) mass is 272 g/mol. The first kappa shape index (κ1) is 14.9. The highest BCUT2D eigenvalue weighted by atomic mass is 19.4. The van der Waals surface area contributed by atoms with Crippen LogP contribution in [0, 0.1) is 11.8 Å². The second kappa shape index (κ2) is 6.69. The van der Waals surface area contributed by atoms with Crippen molar-refractivity contribution in [2.45, 2.75) is 13.1 Å². The summed E-state index contributed by atoms with van der Waals surface area (Å²) in [6, 6.07) is 4.38. The van der Waals surface area contributed by atoms with Gasteiger partial charge in [0.15, 0.2) is 6.61 Å². The minimum atomic E-state index is -4.36. The van der Waals surface area contributed by atoms with E-state index in [2.05, 4.69) is 21.3 Å². The number of hydrogen-bond acceptors (Lipinski definition) is 3. The van der Waals surface area contributed by atoms with Crippen molar-refractivity contribution in [2.24, 2.45) is 0 Å². The van der Waals surface area contributed by atoms with Crippen LogP contribution < -0.4 is 0 Å². The molecule has 0 heterocycles. The second-order valence-electron chi connectivity index (χ2n) is 3.35. The molecule has 0 aliphatic carbocycles. The van der Waals surface area contributed by atoms with Crippen molar-refractivity contribution in [1.82, 2.24) is 0 Å². The molecule has 1 rings (SSSR count). The maximum atomic E-state index is 12.3. The van der Waals surface area contributed by atoms with Crippen molar-refractivity contribution in [2.75, 3.05) is 13.2 Å². The highest BCUT2D eigenvalue weighted by Gasteiger charge is 2.29. The van der Waals surface area contributed by atoms with Gasteiger partial charge < -0.3 is 9.47 Å². The molecule has 0 aromatic heterocycles. The van der Waals surface area contributed by atoms with Crippen LogP contribution in [0.1, 0.15) is 18.1 Å². The molecular formula is C13H11F3O3. The van der Waals surface area contributed by atoms with E-state index in [-0.39, 0.29) is 13.2 Å². The SMILES string of the molecule is CCOC(=O)OCC#Cc1ccc(C(F)(F)F)cc1. The summed E-state index contributed by atoms with van der Waals surface area (Å²) < 4.78 is 45.9. The lowest BCUT2D eigenvalue weighted by molar-refractivity contribution is -0.137. The van der Waals surface area contributed by atoms with Gasteiger partial charge in [0.2, 0.25) is 0 Å². The fraction of sp³-hybridized carbons (Fsp3) is 0.308. The average Bonchev–Trinajstić information content (AvgIpc) is 2.34. The van der Waals surface area contributed by atoms with Gasteiger partial charge in [0.25, 0.3) is 0 Å². The Morgan fingerprint density at radius 3 is 2.37 bits per heavy atom. The van der Waals surface area contributed by atoms with E-state index in [9.17, 15) is 18.0 Å². The van der Waals surface area contributed by atoms with E-state index in [1.165, 1.54) is 12.1 Å². The van der Waals surface area contributed by atoms with Gasteiger partial charge in [-0.05, 0) is 31.2 Å². The Morgan fingerprint density at radius 1 is 1.21 bits per heavy atom. The second-order valence-corrected chi connectivity index (χ2v) is 3.35. The summed E-state index contributed by atoms with van der Waals surface area (Å²) in [6.45, 7) is 1.65. The van der Waals surface area contributed by atoms with Crippen molar-refractivity contribution in [3.63, 3.8) is 0 Å². The maximum Gasteiger partial charge on any atom is 0.509 e. The van der Waals surface area contributed by atoms with Crippen LogP contribution in [-0.4, -0.2) is 19.4 Å². The highest BCUT2D eigenvalue weighted by molar-refractivity contribution is 5.60. The molecule has 102 valence electrons. The lowest BCUT2D eigenvalue weighted by atomic mass is 10.1. The molecular weight excluding hydrogens is 261 g/mol. The van der Waals surface area contributed by atoms with Gasteiger partial charge in [-0.3, -0.25) is 0 Å². The van der Waals surface area contributed by atoms with Gasteiger partial charge in [-0.1, -0.05) is 11.8 Å². The summed E-state index contributed by atoms with van der Waals surface area (Å²) in [7, 11) is 0. The molecule has 0 N–H and O–H groups in total. The summed E-state index contributed by atoms with van der Waals surface area (Å²) in [5.74, 6) is 5.07. The fourth-order valence-corrected chi connectivity index (χ4v) is 1.14. The summed E-state index contributed by atoms with van der Waals surface area (Å²) in [5, 5.41) is 0. The van der Waals surface area contributed by atoms with Gasteiger partial charge in [-0.15, -0.1) is 0 Å². The van der Waals surface area contributed by atoms with Gasteiger partial charge in [-0.25, -0.2) is 4.79 Å². The molecule has 0 aliphatic heterocycles. The number of alkyl halides is 3. The number of benzene rings is 1. The van der Waals surface area contributed by atoms with Crippen LogP contribution in [0.15, 0.2) is 24.3 Å². The molecule has 0 saturated carbocycles. The van der Waals surface area contributed by atoms with Crippen LogP contribution in [-0.2, 0) is 15.7 Å². The molecule has 0 fully saturated rings. The van der Waals surface area contributed by atoms with Crippen LogP contribution >= 0.6 is 0 Å². The fourth-order valence-electron chi connectivity index (χ4n) is 1.14. The minimum absolute atomic E-state index is 0.181. The van der Waals surface area contributed by atoms with Crippen molar-refractivity contribution in [3.8, 4) is 11.8 Å². The van der Waals surface area contributed by atoms with E-state index >= 15 is 0 Å². The summed E-state index contributed by atoms with van der Waals surface area (Å²) >= 11 is 0. The Labute approximate surface area is 108 Å². The summed E-state index contributed by atoms with van der Waals surface area (Å²) in [6.07, 6.45) is -5.19. The van der Waals surface area contributed by atoms with Gasteiger partial charge >= 0.3 is 12.3 Å². The quantitative estimate of drug-likeness (QED) is 0.612. The van der Waals surface area contributed by atoms with Crippen LogP contribution in [0.4, 0.5) is 18.0 Å². The van der Waals surface area contributed by atoms with Gasteiger partial charge in [-0.2, -0.15) is 13.2 Å². The Balaban J connectivity index is 2.53. The first-order valence-corrected chi connectivity index (χ1v) is 5.39. The standard InChI is InChI=1S/C13H11F3O3/c1-2-18-12(17)19-9-3-4-10-5-7-11(8-6-10)13(14,15)16/h5-8H,2,9H2,1H3. The van der Waals surface area contributed by atoms with E-state index in [0.29, 0.717) is 5.56 Å². The van der Waals surface area contributed by atoms with E-state index < -0.39 is 17.9 Å². The number of ether oxygens (including phenoxy) is 2. The van der Waals surface area contributed by atoms with Gasteiger partial charge in [0.05, 0.1) is 12.2 Å². The van der Waals surface area contributed by atoms with Crippen LogP contribution in [0.2, 0.25) is 0 Å². The third-order valence-electron chi connectivity index (χ3n) is 1.97. The van der Waals surface area contributed by atoms with Crippen molar-refractivity contribution >= 4 is 6.16 Å². The predicted molar refractivity (Wildman–Crippen MR) is 61.3 cm³/mol. The Bertz CT molecular complexity index is 481. The summed E-state index contributed by atoms with van der Waals surface area (Å²) in [5.41, 5.74) is -0.332. The third-order valence-corrected chi connectivity index (χ3v) is 1.97. The molecule has 1 aromatic rings. The number of rotatable bonds is 2. The largest absolute Gasteiger partial charge is 0.509 e. The van der Waals surface area contributed by atoms with E-state index in [0.717, 1.165) is 12.1 Å². The molecule has 19 heavy (non-hydrogen) atoms. The number of hydrogen-bond donors (Lipinski definition) is 0. The maximum absolute atomic E-state index is 12.3. The number of carbonyl (C=O) groups excluding carboxylic acids is 1. The molecule has 3 nitrogen and oxygen atoms in total. The normalized spacial score (nSPS) is 10.3. The minimum Gasteiger partial charge on any atom is -0.435 e. The smallest absolute Gasteiger partial charge is 0.435 e. The summed E-state index contributed by atoms with van der Waals surface area (Å²) in [4.78, 5) is 10.8. The van der Waals surface area contributed by atoms with E-state index in [4.69, 9.17) is 0 Å². The third kappa shape index (κ3) is 5.34. The number of halogens is 3. The van der Waals surface area contributed by atoms with E-state index in [1.54, 1.807) is 6.92 Å². The Kier molecular flexibility index (Phi) is 5.24. The van der Waals surface area contributed by atoms with E-state index in [1.807, 2.05) is 0 Å². The van der Waals surface area contributed by atoms with Crippen LogP contribution in [0.5, 0.6) is 0 Å². The van der Waals surface area contributed by atoms with Gasteiger partial charge in [0.1, 0.15) is 0 Å². The first-order valence-electron chi connectivity index (χ1n) is 5.39. The molecule has 6 heteroatoms. The lowest BCUT2D eigenvalue weighted by Crippen LogP contribution is -2.06. The van der Waals surface area contributed by atoms with Crippen LogP contribution in [0.25, 0.3) is 0 Å². The molecule has 0 atom stereocenters. The number of carbonyl (C=O) groups is 1. The molecule has 0 radical (unpaired) electrons. The highest BCUT2D eigenvalue weighted by Crippen LogP contribution is 2.28. The molecule has 1 aromatic carbocycles. The lowest BCUT2D eigenvalue weighted by Gasteiger charge is -2.05. The predicted octanol–water partition coefficient (Wildman–Crippen LogP) is 3.23. The zero-order valence-corrected chi connectivity index (χ0v) is 10.1. The van der Waals surface area contributed by atoms with Crippen LogP contribution in [0.3, 0.4) is 0 Å². The van der Waals surface area contributed by atoms with Crippen molar-refractivity contribution < 1.29 is 27.4 Å². The molecule has 0 bridgehead atoms. The molecule has 0 unspecified atom stereocenters. The Morgan fingerprint density at radius 2 is 1.84 bits per heavy atom. The molecule has 0 spiro atoms. The Hall–Kier alpha value is -2.16. The van der Waals surface area contributed by atoms with Gasteiger partial charge in [0, 0.05) is 5.56 Å². The van der Waals surface area contributed by atoms with Crippen molar-refractivity contribution in [1.29, 1.82) is 0 Å². The zero-order chi connectivity index (χ0) is 14.3. The topological polar surface area (TPSA) is 35.5 Å². The molecule has 0 saturated heterocycles.